The maximum absolute atomic E-state index is 12.3. The van der Waals surface area contributed by atoms with Crippen LogP contribution in [0.5, 0.6) is 5.75 Å². The molecule has 1 N–H and O–H groups in total. The number of fused-ring (bicyclic) bond motifs is 1. The van der Waals surface area contributed by atoms with Gasteiger partial charge in [0.25, 0.3) is 0 Å². The van der Waals surface area contributed by atoms with Gasteiger partial charge in [0.15, 0.2) is 11.0 Å². The molecule has 0 amide bonds. The van der Waals surface area contributed by atoms with Gasteiger partial charge in [0.1, 0.15) is 16.2 Å². The van der Waals surface area contributed by atoms with Crippen molar-refractivity contribution >= 4 is 22.7 Å². The van der Waals surface area contributed by atoms with Crippen LogP contribution in [-0.4, -0.2) is 19.9 Å². The lowest BCUT2D eigenvalue weighted by molar-refractivity contribution is 0.475. The van der Waals surface area contributed by atoms with E-state index in [0.29, 0.717) is 28.0 Å². The third kappa shape index (κ3) is 3.37. The Bertz CT molecular complexity index is 1180. The van der Waals surface area contributed by atoms with Crippen molar-refractivity contribution in [2.45, 2.75) is 16.6 Å². The fourth-order valence-electron chi connectivity index (χ4n) is 2.69. The molecular formula is C20H15N3O3S. The van der Waals surface area contributed by atoms with Gasteiger partial charge in [-0.05, 0) is 48.2 Å². The van der Waals surface area contributed by atoms with Gasteiger partial charge in [0, 0.05) is 17.5 Å². The van der Waals surface area contributed by atoms with Crippen molar-refractivity contribution in [3.63, 3.8) is 0 Å². The van der Waals surface area contributed by atoms with Crippen LogP contribution in [0.15, 0.2) is 86.5 Å². The number of allylic oxidation sites excluding steroid dienone is 1. The molecule has 0 aliphatic carbocycles. The Balaban J connectivity index is 1.76. The number of rotatable bonds is 5. The molecule has 7 heteroatoms. The minimum atomic E-state index is -0.418. The largest absolute Gasteiger partial charge is 0.508 e. The van der Waals surface area contributed by atoms with Gasteiger partial charge in [-0.15, -0.1) is 16.8 Å². The molecule has 6 nitrogen and oxygen atoms in total. The highest BCUT2D eigenvalue weighted by Gasteiger charge is 2.16. The zero-order chi connectivity index (χ0) is 18.8. The third-order valence-electron chi connectivity index (χ3n) is 3.96. The van der Waals surface area contributed by atoms with Crippen LogP contribution in [0, 0.1) is 0 Å². The molecule has 0 radical (unpaired) electrons. The first-order valence-corrected chi connectivity index (χ1v) is 9.01. The van der Waals surface area contributed by atoms with Gasteiger partial charge in [-0.1, -0.05) is 24.3 Å². The Morgan fingerprint density at radius 2 is 1.93 bits per heavy atom. The van der Waals surface area contributed by atoms with Gasteiger partial charge < -0.3 is 9.52 Å². The second-order valence-corrected chi connectivity index (χ2v) is 6.80. The quantitative estimate of drug-likeness (QED) is 0.417. The predicted molar refractivity (Wildman–Crippen MR) is 104 cm³/mol. The summed E-state index contributed by atoms with van der Waals surface area (Å²) in [5, 5.41) is 19.4. The second kappa shape index (κ2) is 7.13. The summed E-state index contributed by atoms with van der Waals surface area (Å²) in [4.78, 5) is 12.8. The molecule has 2 aromatic carbocycles. The molecule has 27 heavy (non-hydrogen) atoms. The van der Waals surface area contributed by atoms with E-state index in [0.717, 1.165) is 10.9 Å². The smallest absolute Gasteiger partial charge is 0.350 e. The lowest BCUT2D eigenvalue weighted by Crippen LogP contribution is -2.04. The molecule has 0 aliphatic rings. The molecule has 4 aromatic rings. The lowest BCUT2D eigenvalue weighted by atomic mass is 10.2. The van der Waals surface area contributed by atoms with Crippen molar-refractivity contribution in [1.29, 1.82) is 0 Å². The lowest BCUT2D eigenvalue weighted by Gasteiger charge is -2.07. The molecular weight excluding hydrogens is 362 g/mol. The number of aromatic hydroxyl groups is 1. The number of benzene rings is 2. The van der Waals surface area contributed by atoms with E-state index < -0.39 is 5.63 Å². The summed E-state index contributed by atoms with van der Waals surface area (Å²) in [6.45, 7) is 4.26. The fraction of sp³-hybridized carbons (Fsp3) is 0.0500. The number of hydrogen-bond donors (Lipinski definition) is 1. The van der Waals surface area contributed by atoms with Crippen LogP contribution in [-0.2, 0) is 6.54 Å². The fourth-order valence-corrected chi connectivity index (χ4v) is 3.55. The highest BCUT2D eigenvalue weighted by molar-refractivity contribution is 7.99. The molecule has 2 aromatic heterocycles. The van der Waals surface area contributed by atoms with Crippen LogP contribution < -0.4 is 5.63 Å². The molecule has 0 saturated carbocycles. The summed E-state index contributed by atoms with van der Waals surface area (Å²) >= 11 is 1.20. The van der Waals surface area contributed by atoms with Gasteiger partial charge >= 0.3 is 5.63 Å². The summed E-state index contributed by atoms with van der Waals surface area (Å²) in [6, 6.07) is 15.9. The van der Waals surface area contributed by atoms with Crippen molar-refractivity contribution in [3.8, 4) is 17.1 Å². The Morgan fingerprint density at radius 3 is 2.70 bits per heavy atom. The first kappa shape index (κ1) is 17.1. The van der Waals surface area contributed by atoms with Gasteiger partial charge in [0.2, 0.25) is 0 Å². The second-order valence-electron chi connectivity index (χ2n) is 5.79. The minimum Gasteiger partial charge on any atom is -0.508 e. The topological polar surface area (TPSA) is 81.2 Å². The van der Waals surface area contributed by atoms with Crippen molar-refractivity contribution in [1.82, 2.24) is 14.8 Å². The predicted octanol–water partition coefficient (Wildman–Crippen LogP) is 4.09. The van der Waals surface area contributed by atoms with Crippen molar-refractivity contribution in [2.75, 3.05) is 0 Å². The van der Waals surface area contributed by atoms with Crippen LogP contribution in [0.2, 0.25) is 0 Å². The standard InChI is InChI=1S/C20H15N3O3S/c1-2-11-23-18(13-7-9-15(24)10-8-13)21-22-20(23)27-17-12-14-5-3-4-6-16(14)26-19(17)25/h2-10,12,24H,1,11H2. The van der Waals surface area contributed by atoms with Gasteiger partial charge in [-0.2, -0.15) is 0 Å². The molecule has 0 aliphatic heterocycles. The number of aromatic nitrogens is 3. The van der Waals surface area contributed by atoms with Crippen molar-refractivity contribution in [2.24, 2.45) is 0 Å². The SMILES string of the molecule is C=CCn1c(Sc2cc3ccccc3oc2=O)nnc1-c1ccc(O)cc1. The molecule has 0 fully saturated rings. The van der Waals surface area contributed by atoms with Gasteiger partial charge in [-0.3, -0.25) is 4.57 Å². The monoisotopic (exact) mass is 377 g/mol. The van der Waals surface area contributed by atoms with E-state index in [1.165, 1.54) is 11.8 Å². The van der Waals surface area contributed by atoms with Crippen LogP contribution in [0.25, 0.3) is 22.4 Å². The first-order chi connectivity index (χ1) is 13.2. The van der Waals surface area contributed by atoms with Gasteiger partial charge in [0.05, 0.1) is 0 Å². The minimum absolute atomic E-state index is 0.178. The highest BCUT2D eigenvalue weighted by atomic mass is 32.2. The summed E-state index contributed by atoms with van der Waals surface area (Å²) in [5.41, 5.74) is 0.932. The van der Waals surface area contributed by atoms with E-state index in [1.54, 1.807) is 42.5 Å². The number of para-hydroxylation sites is 1. The Hall–Kier alpha value is -3.32. The molecule has 0 atom stereocenters. The number of nitrogens with zero attached hydrogens (tertiary/aromatic N) is 3. The van der Waals surface area contributed by atoms with E-state index in [-0.39, 0.29) is 5.75 Å². The number of phenols is 1. The van der Waals surface area contributed by atoms with Crippen LogP contribution in [0.1, 0.15) is 0 Å². The molecule has 4 rings (SSSR count). The zero-order valence-corrected chi connectivity index (χ0v) is 15.0. The van der Waals surface area contributed by atoms with Gasteiger partial charge in [-0.25, -0.2) is 4.79 Å². The van der Waals surface area contributed by atoms with Crippen molar-refractivity contribution in [3.05, 3.63) is 77.7 Å². The maximum Gasteiger partial charge on any atom is 0.350 e. The molecule has 0 bridgehead atoms. The van der Waals surface area contributed by atoms with E-state index in [2.05, 4.69) is 16.8 Å². The normalized spacial score (nSPS) is 11.0. The average Bonchev–Trinajstić information content (AvgIpc) is 3.06. The Morgan fingerprint density at radius 1 is 1.15 bits per heavy atom. The molecule has 2 heterocycles. The summed E-state index contributed by atoms with van der Waals surface area (Å²) in [5.74, 6) is 0.805. The molecule has 0 saturated heterocycles. The van der Waals surface area contributed by atoms with Crippen molar-refractivity contribution < 1.29 is 9.52 Å². The van der Waals surface area contributed by atoms with Crippen LogP contribution >= 0.6 is 11.8 Å². The highest BCUT2D eigenvalue weighted by Crippen LogP contribution is 2.30. The van der Waals surface area contributed by atoms with Crippen LogP contribution in [0.4, 0.5) is 0 Å². The summed E-state index contributed by atoms with van der Waals surface area (Å²) in [7, 11) is 0. The van der Waals surface area contributed by atoms with E-state index in [1.807, 2.05) is 22.8 Å². The van der Waals surface area contributed by atoms with E-state index in [9.17, 15) is 9.90 Å². The average molecular weight is 377 g/mol. The zero-order valence-electron chi connectivity index (χ0n) is 14.2. The molecule has 0 unspecified atom stereocenters. The summed E-state index contributed by atoms with van der Waals surface area (Å²) < 4.78 is 7.25. The first-order valence-electron chi connectivity index (χ1n) is 8.20. The number of hydrogen-bond acceptors (Lipinski definition) is 6. The molecule has 0 spiro atoms. The summed E-state index contributed by atoms with van der Waals surface area (Å²) in [6.07, 6.45) is 1.74. The van der Waals surface area contributed by atoms with E-state index in [4.69, 9.17) is 4.42 Å². The van der Waals surface area contributed by atoms with Crippen LogP contribution in [0.3, 0.4) is 0 Å². The van der Waals surface area contributed by atoms with E-state index >= 15 is 0 Å². The maximum atomic E-state index is 12.3. The Kier molecular flexibility index (Phi) is 4.52. The Labute approximate surface area is 158 Å². The number of phenolic OH excluding ortho intramolecular Hbond substituents is 1. The third-order valence-corrected chi connectivity index (χ3v) is 4.95. The molecule has 134 valence electrons.